The number of phenolic OH excluding ortho intramolecular Hbond substituents is 1. The van der Waals surface area contributed by atoms with E-state index in [1.54, 1.807) is 7.11 Å². The molecule has 1 aliphatic heterocycles. The van der Waals surface area contributed by atoms with Crippen LogP contribution in [0.4, 0.5) is 0 Å². The zero-order valence-electron chi connectivity index (χ0n) is 12.7. The number of methoxy groups -OCH3 is 1. The second-order valence-electron chi connectivity index (χ2n) is 6.22. The van der Waals surface area contributed by atoms with Gasteiger partial charge in [0.1, 0.15) is 11.4 Å². The molecule has 0 aromatic heterocycles. The smallest absolute Gasteiger partial charge is 0.164 e. The summed E-state index contributed by atoms with van der Waals surface area (Å²) in [7, 11) is 1.57. The first-order valence-corrected chi connectivity index (χ1v) is 7.90. The van der Waals surface area contributed by atoms with Crippen LogP contribution in [0.2, 0.25) is 0 Å². The molecule has 1 fully saturated rings. The monoisotopic (exact) mass is 296 g/mol. The average Bonchev–Trinajstić information content (AvgIpc) is 2.89. The summed E-state index contributed by atoms with van der Waals surface area (Å²) in [5, 5.41) is 10.1. The van der Waals surface area contributed by atoms with Crippen LogP contribution in [0.3, 0.4) is 0 Å². The van der Waals surface area contributed by atoms with Gasteiger partial charge in [0.25, 0.3) is 0 Å². The highest BCUT2D eigenvalue weighted by Gasteiger charge is 2.51. The van der Waals surface area contributed by atoms with Crippen molar-refractivity contribution >= 4 is 0 Å². The molecule has 3 nitrogen and oxygen atoms in total. The van der Waals surface area contributed by atoms with Crippen LogP contribution < -0.4 is 9.47 Å². The molecule has 1 saturated carbocycles. The van der Waals surface area contributed by atoms with Gasteiger partial charge in [-0.3, -0.25) is 0 Å². The van der Waals surface area contributed by atoms with Gasteiger partial charge in [0.15, 0.2) is 11.5 Å². The van der Waals surface area contributed by atoms with Crippen LogP contribution in [0.5, 0.6) is 17.2 Å². The molecule has 1 aliphatic carbocycles. The minimum Gasteiger partial charge on any atom is -0.504 e. The predicted molar refractivity (Wildman–Crippen MR) is 84.6 cm³/mol. The van der Waals surface area contributed by atoms with Crippen LogP contribution in [-0.2, 0) is 5.60 Å². The Balaban J connectivity index is 1.86. The first kappa shape index (κ1) is 13.5. The van der Waals surface area contributed by atoms with Crippen molar-refractivity contribution in [3.63, 3.8) is 0 Å². The first-order chi connectivity index (χ1) is 10.7. The Bertz CT molecular complexity index is 695. The Kier molecular flexibility index (Phi) is 3.03. The summed E-state index contributed by atoms with van der Waals surface area (Å²) in [5.41, 5.74) is 2.05. The number of hydrogen-bond acceptors (Lipinski definition) is 3. The zero-order valence-corrected chi connectivity index (χ0v) is 12.7. The van der Waals surface area contributed by atoms with Gasteiger partial charge in [-0.2, -0.15) is 0 Å². The number of rotatable bonds is 2. The third-order valence-electron chi connectivity index (χ3n) is 5.10. The Labute approximate surface area is 130 Å². The van der Waals surface area contributed by atoms with Gasteiger partial charge in [0.05, 0.1) is 7.11 Å². The molecule has 2 atom stereocenters. The van der Waals surface area contributed by atoms with Gasteiger partial charge >= 0.3 is 0 Å². The summed E-state index contributed by atoms with van der Waals surface area (Å²) >= 11 is 0. The van der Waals surface area contributed by atoms with E-state index in [2.05, 4.69) is 24.3 Å². The lowest BCUT2D eigenvalue weighted by Gasteiger charge is -2.38. The molecule has 0 radical (unpaired) electrons. The van der Waals surface area contributed by atoms with Crippen LogP contribution in [0, 0.1) is 0 Å². The van der Waals surface area contributed by atoms with Crippen LogP contribution in [-0.4, -0.2) is 12.2 Å². The minimum atomic E-state index is -0.291. The van der Waals surface area contributed by atoms with E-state index in [4.69, 9.17) is 9.47 Å². The van der Waals surface area contributed by atoms with Gasteiger partial charge < -0.3 is 14.6 Å². The van der Waals surface area contributed by atoms with Gasteiger partial charge in [0, 0.05) is 17.5 Å². The summed E-state index contributed by atoms with van der Waals surface area (Å²) in [6, 6.07) is 14.1. The molecule has 0 spiro atoms. The van der Waals surface area contributed by atoms with Crippen LogP contribution in [0.1, 0.15) is 42.7 Å². The lowest BCUT2D eigenvalue weighted by atomic mass is 9.70. The lowest BCUT2D eigenvalue weighted by molar-refractivity contribution is 0.0320. The fourth-order valence-electron chi connectivity index (χ4n) is 4.08. The molecular weight excluding hydrogens is 276 g/mol. The molecule has 3 heteroatoms. The molecule has 1 N–H and O–H groups in total. The maximum atomic E-state index is 10.1. The van der Waals surface area contributed by atoms with Crippen molar-refractivity contribution in [1.29, 1.82) is 0 Å². The van der Waals surface area contributed by atoms with Crippen LogP contribution in [0.15, 0.2) is 42.5 Å². The second-order valence-corrected chi connectivity index (χ2v) is 6.22. The molecule has 2 aliphatic rings. The van der Waals surface area contributed by atoms with E-state index in [-0.39, 0.29) is 11.4 Å². The molecule has 4 rings (SSSR count). The van der Waals surface area contributed by atoms with Gasteiger partial charge in [0.2, 0.25) is 0 Å². The van der Waals surface area contributed by atoms with E-state index >= 15 is 0 Å². The fraction of sp³-hybridized carbons (Fsp3) is 0.368. The van der Waals surface area contributed by atoms with E-state index in [0.717, 1.165) is 24.2 Å². The summed E-state index contributed by atoms with van der Waals surface area (Å²) in [4.78, 5) is 0. The van der Waals surface area contributed by atoms with Crippen molar-refractivity contribution in [2.24, 2.45) is 0 Å². The molecule has 2 aromatic carbocycles. The number of ether oxygens (including phenoxy) is 2. The second kappa shape index (κ2) is 4.94. The predicted octanol–water partition coefficient (Wildman–Crippen LogP) is 4.35. The van der Waals surface area contributed by atoms with Gasteiger partial charge in [-0.05, 0) is 30.9 Å². The quantitative estimate of drug-likeness (QED) is 0.895. The normalized spacial score (nSPS) is 26.0. The Morgan fingerprint density at radius 3 is 2.77 bits per heavy atom. The molecular formula is C19H20O3. The molecule has 0 amide bonds. The zero-order chi connectivity index (χ0) is 15.2. The number of aromatic hydroxyl groups is 1. The Morgan fingerprint density at radius 2 is 2.00 bits per heavy atom. The van der Waals surface area contributed by atoms with Crippen LogP contribution >= 0.6 is 0 Å². The van der Waals surface area contributed by atoms with Gasteiger partial charge in [-0.25, -0.2) is 0 Å². The average molecular weight is 296 g/mol. The molecule has 2 aromatic rings. The van der Waals surface area contributed by atoms with Crippen molar-refractivity contribution in [2.75, 3.05) is 7.11 Å². The number of benzene rings is 2. The van der Waals surface area contributed by atoms with Crippen molar-refractivity contribution in [1.82, 2.24) is 0 Å². The molecule has 1 heterocycles. The fourth-order valence-corrected chi connectivity index (χ4v) is 4.08. The van der Waals surface area contributed by atoms with Gasteiger partial charge in [-0.1, -0.05) is 36.8 Å². The largest absolute Gasteiger partial charge is 0.504 e. The minimum absolute atomic E-state index is 0.194. The van der Waals surface area contributed by atoms with Crippen LogP contribution in [0.25, 0.3) is 0 Å². The summed E-state index contributed by atoms with van der Waals surface area (Å²) < 4.78 is 11.7. The SMILES string of the molecule is COc1cc2c(cc1O)C1CCCCC1(c1ccccc1)O2. The van der Waals surface area contributed by atoms with E-state index in [1.807, 2.05) is 18.2 Å². The first-order valence-electron chi connectivity index (χ1n) is 7.90. The maximum Gasteiger partial charge on any atom is 0.164 e. The third kappa shape index (κ3) is 1.81. The standard InChI is InChI=1S/C19H20O3/c1-21-18-12-17-14(11-16(18)20)15-9-5-6-10-19(15,22-17)13-7-3-2-4-8-13/h2-4,7-8,11-12,15,20H,5-6,9-10H2,1H3. The van der Waals surface area contributed by atoms with Crippen molar-refractivity contribution in [2.45, 2.75) is 37.2 Å². The topological polar surface area (TPSA) is 38.7 Å². The Morgan fingerprint density at radius 1 is 1.18 bits per heavy atom. The lowest BCUT2D eigenvalue weighted by Crippen LogP contribution is -2.37. The molecule has 114 valence electrons. The number of fused-ring (bicyclic) bond motifs is 3. The van der Waals surface area contributed by atoms with Crippen molar-refractivity contribution in [3.05, 3.63) is 53.6 Å². The van der Waals surface area contributed by atoms with E-state index < -0.39 is 0 Å². The summed E-state index contributed by atoms with van der Waals surface area (Å²) in [6.45, 7) is 0. The third-order valence-corrected chi connectivity index (χ3v) is 5.10. The maximum absolute atomic E-state index is 10.1. The Hall–Kier alpha value is -2.16. The highest BCUT2D eigenvalue weighted by molar-refractivity contribution is 5.55. The molecule has 0 bridgehead atoms. The molecule has 0 saturated heterocycles. The summed E-state index contributed by atoms with van der Waals surface area (Å²) in [5.74, 6) is 1.82. The number of phenols is 1. The van der Waals surface area contributed by atoms with Crippen molar-refractivity contribution < 1.29 is 14.6 Å². The summed E-state index contributed by atoms with van der Waals surface area (Å²) in [6.07, 6.45) is 4.48. The highest BCUT2D eigenvalue weighted by Crippen LogP contribution is 2.58. The van der Waals surface area contributed by atoms with E-state index in [0.29, 0.717) is 11.7 Å². The van der Waals surface area contributed by atoms with E-state index in [1.165, 1.54) is 18.4 Å². The molecule has 2 unspecified atom stereocenters. The number of hydrogen-bond donors (Lipinski definition) is 1. The van der Waals surface area contributed by atoms with Crippen molar-refractivity contribution in [3.8, 4) is 17.2 Å². The highest BCUT2D eigenvalue weighted by atomic mass is 16.5. The van der Waals surface area contributed by atoms with Gasteiger partial charge in [-0.15, -0.1) is 0 Å². The van der Waals surface area contributed by atoms with E-state index in [9.17, 15) is 5.11 Å². The molecule has 22 heavy (non-hydrogen) atoms.